The van der Waals surface area contributed by atoms with Crippen LogP contribution in [0.1, 0.15) is 19.3 Å². The molecule has 1 fully saturated rings. The number of benzene rings is 1. The van der Waals surface area contributed by atoms with Crippen LogP contribution in [0.4, 0.5) is 10.5 Å². The molecule has 0 unspecified atom stereocenters. The molecule has 0 aliphatic carbocycles. The fourth-order valence-electron chi connectivity index (χ4n) is 2.90. The van der Waals surface area contributed by atoms with Crippen molar-refractivity contribution in [3.63, 3.8) is 0 Å². The van der Waals surface area contributed by atoms with E-state index in [1.165, 1.54) is 12.8 Å². The van der Waals surface area contributed by atoms with Crippen LogP contribution in [0.5, 0.6) is 0 Å². The maximum absolute atomic E-state index is 11.9. The van der Waals surface area contributed by atoms with Gasteiger partial charge in [0.25, 0.3) is 0 Å². The van der Waals surface area contributed by atoms with E-state index in [2.05, 4.69) is 20.9 Å². The Morgan fingerprint density at radius 1 is 1.23 bits per heavy atom. The minimum atomic E-state index is -0.137. The summed E-state index contributed by atoms with van der Waals surface area (Å²) in [6.45, 7) is 2.93. The number of fused-ring (bicyclic) bond motifs is 1. The SMILES string of the molecule is O=C(NCCC1CCNCC1)Nc1ccc2cnccc2c1. The molecular formula is C17H22N4O. The minimum absolute atomic E-state index is 0.137. The van der Waals surface area contributed by atoms with Gasteiger partial charge in [-0.2, -0.15) is 0 Å². The predicted octanol–water partition coefficient (Wildman–Crippen LogP) is 2.75. The highest BCUT2D eigenvalue weighted by Crippen LogP contribution is 2.18. The largest absolute Gasteiger partial charge is 0.338 e. The smallest absolute Gasteiger partial charge is 0.319 e. The summed E-state index contributed by atoms with van der Waals surface area (Å²) in [5.41, 5.74) is 0.804. The first kappa shape index (κ1) is 14.8. The highest BCUT2D eigenvalue weighted by atomic mass is 16.2. The second-order valence-electron chi connectivity index (χ2n) is 5.80. The molecule has 116 valence electrons. The molecule has 1 saturated heterocycles. The normalized spacial score (nSPS) is 15.6. The molecule has 2 aromatic rings. The zero-order chi connectivity index (χ0) is 15.2. The van der Waals surface area contributed by atoms with Gasteiger partial charge < -0.3 is 16.0 Å². The molecule has 2 amide bonds. The third-order valence-corrected chi connectivity index (χ3v) is 4.20. The van der Waals surface area contributed by atoms with Crippen molar-refractivity contribution in [2.45, 2.75) is 19.3 Å². The fraction of sp³-hybridized carbons (Fsp3) is 0.412. The molecule has 5 nitrogen and oxygen atoms in total. The molecule has 0 saturated carbocycles. The van der Waals surface area contributed by atoms with E-state index >= 15 is 0 Å². The number of carbonyl (C=O) groups is 1. The summed E-state index contributed by atoms with van der Waals surface area (Å²) in [5.74, 6) is 0.731. The van der Waals surface area contributed by atoms with Crippen molar-refractivity contribution in [2.75, 3.05) is 25.0 Å². The molecule has 0 spiro atoms. The Kier molecular flexibility index (Phi) is 4.85. The summed E-state index contributed by atoms with van der Waals surface area (Å²) < 4.78 is 0. The second kappa shape index (κ2) is 7.22. The van der Waals surface area contributed by atoms with Crippen molar-refractivity contribution in [1.29, 1.82) is 0 Å². The van der Waals surface area contributed by atoms with E-state index in [-0.39, 0.29) is 6.03 Å². The maximum atomic E-state index is 11.9. The first-order valence-corrected chi connectivity index (χ1v) is 7.90. The van der Waals surface area contributed by atoms with Gasteiger partial charge in [-0.05, 0) is 61.9 Å². The Balaban J connectivity index is 1.47. The van der Waals surface area contributed by atoms with Crippen molar-refractivity contribution in [1.82, 2.24) is 15.6 Å². The number of rotatable bonds is 4. The van der Waals surface area contributed by atoms with E-state index in [4.69, 9.17) is 0 Å². The molecule has 2 heterocycles. The van der Waals surface area contributed by atoms with Gasteiger partial charge in [0.1, 0.15) is 0 Å². The molecule has 1 aliphatic heterocycles. The first-order valence-electron chi connectivity index (χ1n) is 7.90. The molecule has 22 heavy (non-hydrogen) atoms. The average Bonchev–Trinajstić information content (AvgIpc) is 2.56. The number of hydrogen-bond donors (Lipinski definition) is 3. The monoisotopic (exact) mass is 298 g/mol. The number of anilines is 1. The Hall–Kier alpha value is -2.14. The van der Waals surface area contributed by atoms with Gasteiger partial charge in [-0.25, -0.2) is 4.79 Å². The number of pyridine rings is 1. The van der Waals surface area contributed by atoms with Crippen LogP contribution in [0.2, 0.25) is 0 Å². The lowest BCUT2D eigenvalue weighted by Crippen LogP contribution is -2.33. The van der Waals surface area contributed by atoms with E-state index in [1.54, 1.807) is 6.20 Å². The van der Waals surface area contributed by atoms with Gasteiger partial charge in [-0.1, -0.05) is 6.07 Å². The van der Waals surface area contributed by atoms with Crippen LogP contribution in [0.15, 0.2) is 36.7 Å². The highest BCUT2D eigenvalue weighted by Gasteiger charge is 2.12. The summed E-state index contributed by atoms with van der Waals surface area (Å²) in [6.07, 6.45) is 7.05. The number of nitrogens with zero attached hydrogens (tertiary/aromatic N) is 1. The number of nitrogens with one attached hydrogen (secondary N) is 3. The third-order valence-electron chi connectivity index (χ3n) is 4.20. The molecule has 1 aliphatic rings. The van der Waals surface area contributed by atoms with Crippen LogP contribution in [-0.2, 0) is 0 Å². The highest BCUT2D eigenvalue weighted by molar-refractivity contribution is 5.93. The van der Waals surface area contributed by atoms with Crippen molar-refractivity contribution in [3.05, 3.63) is 36.7 Å². The number of urea groups is 1. The summed E-state index contributed by atoms with van der Waals surface area (Å²) in [6, 6.07) is 7.63. The summed E-state index contributed by atoms with van der Waals surface area (Å²) in [7, 11) is 0. The summed E-state index contributed by atoms with van der Waals surface area (Å²) >= 11 is 0. The lowest BCUT2D eigenvalue weighted by atomic mass is 9.95. The van der Waals surface area contributed by atoms with Gasteiger partial charge in [0.2, 0.25) is 0 Å². The van der Waals surface area contributed by atoms with Gasteiger partial charge in [0.15, 0.2) is 0 Å². The third kappa shape index (κ3) is 3.95. The van der Waals surface area contributed by atoms with Gasteiger partial charge in [0.05, 0.1) is 0 Å². The molecule has 0 bridgehead atoms. The van der Waals surface area contributed by atoms with Crippen molar-refractivity contribution >= 4 is 22.5 Å². The Bertz CT molecular complexity index is 637. The van der Waals surface area contributed by atoms with Crippen LogP contribution in [0.25, 0.3) is 10.8 Å². The number of amides is 2. The molecular weight excluding hydrogens is 276 g/mol. The van der Waals surface area contributed by atoms with Gasteiger partial charge in [0, 0.05) is 30.0 Å². The molecule has 0 radical (unpaired) electrons. The van der Waals surface area contributed by atoms with Gasteiger partial charge >= 0.3 is 6.03 Å². The summed E-state index contributed by atoms with van der Waals surface area (Å²) in [5, 5.41) is 11.3. The Morgan fingerprint density at radius 2 is 2.09 bits per heavy atom. The number of piperidine rings is 1. The van der Waals surface area contributed by atoms with Crippen molar-refractivity contribution in [2.24, 2.45) is 5.92 Å². The molecule has 1 aromatic heterocycles. The number of hydrogen-bond acceptors (Lipinski definition) is 3. The van der Waals surface area contributed by atoms with Crippen LogP contribution in [0.3, 0.4) is 0 Å². The average molecular weight is 298 g/mol. The molecule has 5 heteroatoms. The van der Waals surface area contributed by atoms with E-state index in [0.29, 0.717) is 0 Å². The Labute approximate surface area is 130 Å². The van der Waals surface area contributed by atoms with E-state index in [0.717, 1.165) is 48.4 Å². The molecule has 0 atom stereocenters. The minimum Gasteiger partial charge on any atom is -0.338 e. The van der Waals surface area contributed by atoms with Gasteiger partial charge in [-0.3, -0.25) is 4.98 Å². The van der Waals surface area contributed by atoms with Crippen LogP contribution in [0, 0.1) is 5.92 Å². The summed E-state index contributed by atoms with van der Waals surface area (Å²) in [4.78, 5) is 16.0. The fourth-order valence-corrected chi connectivity index (χ4v) is 2.90. The van der Waals surface area contributed by atoms with Crippen LogP contribution < -0.4 is 16.0 Å². The topological polar surface area (TPSA) is 66.1 Å². The molecule has 3 rings (SSSR count). The molecule has 1 aromatic carbocycles. The molecule has 3 N–H and O–H groups in total. The van der Waals surface area contributed by atoms with Crippen molar-refractivity contribution in [3.8, 4) is 0 Å². The van der Waals surface area contributed by atoms with Crippen molar-refractivity contribution < 1.29 is 4.79 Å². The lowest BCUT2D eigenvalue weighted by Gasteiger charge is -2.22. The Morgan fingerprint density at radius 3 is 2.95 bits per heavy atom. The van der Waals surface area contributed by atoms with Crippen LogP contribution in [-0.4, -0.2) is 30.6 Å². The van der Waals surface area contributed by atoms with E-state index in [9.17, 15) is 4.79 Å². The zero-order valence-electron chi connectivity index (χ0n) is 12.6. The number of aromatic nitrogens is 1. The maximum Gasteiger partial charge on any atom is 0.319 e. The predicted molar refractivity (Wildman–Crippen MR) is 89.0 cm³/mol. The number of carbonyl (C=O) groups excluding carboxylic acids is 1. The second-order valence-corrected chi connectivity index (χ2v) is 5.80. The van der Waals surface area contributed by atoms with E-state index in [1.807, 2.05) is 30.5 Å². The van der Waals surface area contributed by atoms with E-state index < -0.39 is 0 Å². The first-order chi connectivity index (χ1) is 10.8. The van der Waals surface area contributed by atoms with Crippen LogP contribution >= 0.6 is 0 Å². The lowest BCUT2D eigenvalue weighted by molar-refractivity contribution is 0.250. The quantitative estimate of drug-likeness (QED) is 0.813. The zero-order valence-corrected chi connectivity index (χ0v) is 12.6. The standard InChI is InChI=1S/C17H22N4O/c22-17(20-10-5-13-3-7-18-8-4-13)21-16-2-1-15-12-19-9-6-14(15)11-16/h1-2,6,9,11-13,18H,3-5,7-8,10H2,(H2,20,21,22). The van der Waals surface area contributed by atoms with Gasteiger partial charge in [-0.15, -0.1) is 0 Å².